The molecule has 2 aromatic heterocycles. The van der Waals surface area contributed by atoms with Crippen molar-refractivity contribution in [1.82, 2.24) is 9.55 Å². The predicted molar refractivity (Wildman–Crippen MR) is 72.9 cm³/mol. The average molecular weight is 280 g/mol. The van der Waals surface area contributed by atoms with Crippen molar-refractivity contribution in [1.29, 1.82) is 0 Å². The van der Waals surface area contributed by atoms with E-state index in [0.717, 1.165) is 23.5 Å². The van der Waals surface area contributed by atoms with Gasteiger partial charge in [0.2, 0.25) is 0 Å². The van der Waals surface area contributed by atoms with Gasteiger partial charge in [-0.2, -0.15) is 0 Å². The van der Waals surface area contributed by atoms with Crippen molar-refractivity contribution in [3.63, 3.8) is 0 Å². The maximum atomic E-state index is 11.1. The summed E-state index contributed by atoms with van der Waals surface area (Å²) in [5.74, 6) is -0.498. The van der Waals surface area contributed by atoms with Crippen LogP contribution in [0.2, 0.25) is 0 Å². The van der Waals surface area contributed by atoms with Crippen LogP contribution in [0.3, 0.4) is 0 Å². The molecule has 5 nitrogen and oxygen atoms in total. The first-order chi connectivity index (χ1) is 9.15. The van der Waals surface area contributed by atoms with Crippen LogP contribution in [-0.2, 0) is 19.6 Å². The van der Waals surface area contributed by atoms with Gasteiger partial charge >= 0.3 is 5.97 Å². The number of nitrogens with zero attached hydrogens (tertiary/aromatic N) is 2. The second-order valence-corrected chi connectivity index (χ2v) is 5.16. The van der Waals surface area contributed by atoms with E-state index < -0.39 is 5.97 Å². The molecule has 0 radical (unpaired) electrons. The van der Waals surface area contributed by atoms with Crippen molar-refractivity contribution < 1.29 is 14.6 Å². The number of carboxylic acid groups (broad SMARTS) is 1. The number of thiophene rings is 1. The molecule has 0 saturated carbocycles. The molecule has 0 atom stereocenters. The molecule has 0 saturated heterocycles. The first kappa shape index (κ1) is 13.6. The Morgan fingerprint density at radius 3 is 2.95 bits per heavy atom. The summed E-state index contributed by atoms with van der Waals surface area (Å²) >= 11 is 1.27. The number of aryl methyl sites for hydroxylation is 2. The highest BCUT2D eigenvalue weighted by atomic mass is 32.1. The monoisotopic (exact) mass is 280 g/mol. The molecule has 0 aromatic carbocycles. The van der Waals surface area contributed by atoms with E-state index in [1.165, 1.54) is 11.3 Å². The molecule has 0 spiro atoms. The van der Waals surface area contributed by atoms with Crippen LogP contribution in [0.5, 0.6) is 5.75 Å². The number of hydrogen-bond acceptors (Lipinski definition) is 4. The third-order valence-corrected chi connectivity index (χ3v) is 4.06. The van der Waals surface area contributed by atoms with E-state index in [1.54, 1.807) is 18.6 Å². The highest BCUT2D eigenvalue weighted by molar-refractivity contribution is 7.14. The molecule has 2 heterocycles. The van der Waals surface area contributed by atoms with E-state index >= 15 is 0 Å². The molecule has 0 bridgehead atoms. The van der Waals surface area contributed by atoms with Crippen molar-refractivity contribution in [3.8, 4) is 5.75 Å². The van der Waals surface area contributed by atoms with Gasteiger partial charge < -0.3 is 14.4 Å². The zero-order chi connectivity index (χ0) is 13.8. The minimum Gasteiger partial charge on any atom is -0.486 e. The Morgan fingerprint density at radius 1 is 1.53 bits per heavy atom. The summed E-state index contributed by atoms with van der Waals surface area (Å²) in [5.41, 5.74) is 0.933. The Labute approximate surface area is 115 Å². The predicted octanol–water partition coefficient (Wildman–Crippen LogP) is 2.80. The molecule has 2 aromatic rings. The average Bonchev–Trinajstić information content (AvgIpc) is 3.02. The lowest BCUT2D eigenvalue weighted by molar-refractivity contribution is 0.0697. The molecule has 102 valence electrons. The van der Waals surface area contributed by atoms with Gasteiger partial charge in [0.05, 0.1) is 18.2 Å². The highest BCUT2D eigenvalue weighted by Gasteiger charge is 2.16. The van der Waals surface area contributed by atoms with Crippen LogP contribution in [0.4, 0.5) is 0 Å². The van der Waals surface area contributed by atoms with Gasteiger partial charge in [0.1, 0.15) is 12.4 Å². The second kappa shape index (κ2) is 5.88. The molecule has 6 heteroatoms. The number of aromatic carboxylic acids is 1. The fraction of sp³-hybridized carbons (Fsp3) is 0.385. The Hall–Kier alpha value is -1.82. The molecule has 0 aliphatic heterocycles. The lowest BCUT2D eigenvalue weighted by atomic mass is 10.3. The number of ether oxygens (including phenoxy) is 1. The second-order valence-electron chi connectivity index (χ2n) is 4.02. The fourth-order valence-electron chi connectivity index (χ4n) is 1.76. The van der Waals surface area contributed by atoms with Crippen LogP contribution in [-0.4, -0.2) is 20.6 Å². The standard InChI is InChI=1S/C13H16N2O3S/c1-3-10-5-11(12(19-10)13(16)17)18-7-9-6-14-8-15(9)4-2/h5-6,8H,3-4,7H2,1-2H3,(H,16,17). The van der Waals surface area contributed by atoms with Crippen molar-refractivity contribution in [2.75, 3.05) is 0 Å². The number of carboxylic acids is 1. The van der Waals surface area contributed by atoms with Crippen LogP contribution in [0, 0.1) is 0 Å². The van der Waals surface area contributed by atoms with Crippen molar-refractivity contribution >= 4 is 17.3 Å². The van der Waals surface area contributed by atoms with Gasteiger partial charge in [-0.1, -0.05) is 6.92 Å². The Morgan fingerprint density at radius 2 is 2.32 bits per heavy atom. The Kier molecular flexibility index (Phi) is 4.21. The van der Waals surface area contributed by atoms with E-state index in [0.29, 0.717) is 12.4 Å². The quantitative estimate of drug-likeness (QED) is 0.883. The smallest absolute Gasteiger partial charge is 0.349 e. The lowest BCUT2D eigenvalue weighted by Crippen LogP contribution is -2.05. The third-order valence-electron chi connectivity index (χ3n) is 2.81. The van der Waals surface area contributed by atoms with Gasteiger partial charge in [0.15, 0.2) is 4.88 Å². The zero-order valence-electron chi connectivity index (χ0n) is 10.9. The molecule has 0 fully saturated rings. The van der Waals surface area contributed by atoms with Crippen molar-refractivity contribution in [2.24, 2.45) is 0 Å². The summed E-state index contributed by atoms with van der Waals surface area (Å²) in [6.07, 6.45) is 4.28. The Balaban J connectivity index is 2.15. The molecular formula is C13H16N2O3S. The lowest BCUT2D eigenvalue weighted by Gasteiger charge is -2.07. The number of carbonyl (C=O) groups is 1. The molecule has 0 aliphatic carbocycles. The normalized spacial score (nSPS) is 10.6. The molecule has 19 heavy (non-hydrogen) atoms. The minimum absolute atomic E-state index is 0.263. The van der Waals surface area contributed by atoms with Gasteiger partial charge in [-0.25, -0.2) is 9.78 Å². The summed E-state index contributed by atoms with van der Waals surface area (Å²) in [5, 5.41) is 9.15. The van der Waals surface area contributed by atoms with E-state index in [-0.39, 0.29) is 4.88 Å². The molecule has 0 amide bonds. The topological polar surface area (TPSA) is 64.4 Å². The van der Waals surface area contributed by atoms with Gasteiger partial charge in [0.25, 0.3) is 0 Å². The summed E-state index contributed by atoms with van der Waals surface area (Å²) in [7, 11) is 0. The SMILES string of the molecule is CCc1cc(OCc2cncn2CC)c(C(=O)O)s1. The van der Waals surface area contributed by atoms with Gasteiger partial charge in [-0.05, 0) is 19.4 Å². The van der Waals surface area contributed by atoms with Crippen molar-refractivity contribution in [2.45, 2.75) is 33.4 Å². The number of aromatic nitrogens is 2. The van der Waals surface area contributed by atoms with Gasteiger partial charge in [-0.15, -0.1) is 11.3 Å². The van der Waals surface area contributed by atoms with Crippen LogP contribution in [0.15, 0.2) is 18.6 Å². The van der Waals surface area contributed by atoms with Gasteiger partial charge in [-0.3, -0.25) is 0 Å². The van der Waals surface area contributed by atoms with E-state index in [2.05, 4.69) is 4.98 Å². The van der Waals surface area contributed by atoms with Crippen LogP contribution in [0.1, 0.15) is 34.1 Å². The zero-order valence-corrected chi connectivity index (χ0v) is 11.7. The van der Waals surface area contributed by atoms with Gasteiger partial charge in [0, 0.05) is 11.4 Å². The molecule has 0 aliphatic rings. The van der Waals surface area contributed by atoms with E-state index in [4.69, 9.17) is 9.84 Å². The van der Waals surface area contributed by atoms with Crippen molar-refractivity contribution in [3.05, 3.63) is 34.0 Å². The van der Waals surface area contributed by atoms with E-state index in [1.807, 2.05) is 18.4 Å². The minimum atomic E-state index is -0.941. The maximum absolute atomic E-state index is 11.1. The number of rotatable bonds is 6. The summed E-state index contributed by atoms with van der Waals surface area (Å²) in [6, 6.07) is 1.81. The summed E-state index contributed by atoms with van der Waals surface area (Å²) in [6.45, 7) is 5.16. The molecule has 2 rings (SSSR count). The molecule has 1 N–H and O–H groups in total. The fourth-order valence-corrected chi connectivity index (χ4v) is 2.64. The van der Waals surface area contributed by atoms with E-state index in [9.17, 15) is 4.79 Å². The number of hydrogen-bond donors (Lipinski definition) is 1. The summed E-state index contributed by atoms with van der Waals surface area (Å²) in [4.78, 5) is 16.5. The third kappa shape index (κ3) is 2.96. The highest BCUT2D eigenvalue weighted by Crippen LogP contribution is 2.30. The van der Waals surface area contributed by atoms with Crippen LogP contribution >= 0.6 is 11.3 Å². The molecule has 0 unspecified atom stereocenters. The van der Waals surface area contributed by atoms with Crippen LogP contribution < -0.4 is 4.74 Å². The summed E-state index contributed by atoms with van der Waals surface area (Å²) < 4.78 is 7.60. The first-order valence-electron chi connectivity index (χ1n) is 6.13. The first-order valence-corrected chi connectivity index (χ1v) is 6.95. The largest absolute Gasteiger partial charge is 0.486 e. The van der Waals surface area contributed by atoms with Crippen LogP contribution in [0.25, 0.3) is 0 Å². The number of imidazole rings is 1. The Bertz CT molecular complexity index is 574. The molecular weight excluding hydrogens is 264 g/mol. The maximum Gasteiger partial charge on any atom is 0.349 e.